The Morgan fingerprint density at radius 2 is 1.74 bits per heavy atom. The lowest BCUT2D eigenvalue weighted by atomic mass is 9.82. The fourth-order valence-corrected chi connectivity index (χ4v) is 7.26. The van der Waals surface area contributed by atoms with Crippen molar-refractivity contribution in [3.05, 3.63) is 72.3 Å². The Kier molecular flexibility index (Phi) is 8.19. The van der Waals surface area contributed by atoms with Crippen molar-refractivity contribution >= 4 is 49.5 Å². The number of carbonyl (C=O) groups excluding carboxylic acids is 2. The van der Waals surface area contributed by atoms with Gasteiger partial charge >= 0.3 is 6.09 Å². The number of para-hydroxylation sites is 1. The van der Waals surface area contributed by atoms with Crippen LogP contribution in [0.5, 0.6) is 0 Å². The van der Waals surface area contributed by atoms with Gasteiger partial charge in [0.2, 0.25) is 5.91 Å². The van der Waals surface area contributed by atoms with Gasteiger partial charge in [-0.3, -0.25) is 9.52 Å². The molecular weight excluding hydrogens is 552 g/mol. The summed E-state index contributed by atoms with van der Waals surface area (Å²) in [5, 5.41) is 2.25. The number of nitrogens with one attached hydrogen (secondary N) is 2. The zero-order valence-electron chi connectivity index (χ0n) is 24.2. The van der Waals surface area contributed by atoms with Gasteiger partial charge in [-0.05, 0) is 69.4 Å². The molecule has 0 radical (unpaired) electrons. The van der Waals surface area contributed by atoms with Crippen molar-refractivity contribution in [2.75, 3.05) is 17.8 Å². The molecule has 2 heterocycles. The molecule has 1 aromatic heterocycles. The molecule has 0 aliphatic carbocycles. The monoisotopic (exact) mass is 590 g/mol. The molecular formula is C32H38N4O5S. The highest BCUT2D eigenvalue weighted by Crippen LogP contribution is 2.41. The fourth-order valence-electron chi connectivity index (χ4n) is 5.99. The number of hydrogen-bond acceptors (Lipinski definition) is 5. The number of H-pyrrole nitrogens is 1. The van der Waals surface area contributed by atoms with Crippen LogP contribution in [0.4, 0.5) is 10.6 Å². The molecule has 1 fully saturated rings. The summed E-state index contributed by atoms with van der Waals surface area (Å²) in [7, 11) is -4.01. The molecule has 2 atom stereocenters. The second-order valence-corrected chi connectivity index (χ2v) is 13.7. The minimum atomic E-state index is -4.01. The maximum atomic E-state index is 13.8. The number of benzene rings is 3. The molecule has 9 nitrogen and oxygen atoms in total. The Hall–Kier alpha value is -4.05. The van der Waals surface area contributed by atoms with Crippen LogP contribution in [-0.2, 0) is 19.6 Å². The topological polar surface area (TPSA) is 135 Å². The molecule has 3 aromatic carbocycles. The van der Waals surface area contributed by atoms with Crippen LogP contribution in [0.2, 0.25) is 0 Å². The van der Waals surface area contributed by atoms with Gasteiger partial charge in [-0.25, -0.2) is 13.2 Å². The third kappa shape index (κ3) is 6.54. The Morgan fingerprint density at radius 3 is 2.48 bits per heavy atom. The van der Waals surface area contributed by atoms with E-state index in [0.29, 0.717) is 36.3 Å². The summed E-state index contributed by atoms with van der Waals surface area (Å²) in [4.78, 5) is 30.3. The van der Waals surface area contributed by atoms with Gasteiger partial charge in [-0.15, -0.1) is 0 Å². The first kappa shape index (κ1) is 29.4. The molecule has 0 saturated carbocycles. The number of primary amides is 1. The van der Waals surface area contributed by atoms with Gasteiger partial charge in [0, 0.05) is 41.4 Å². The number of nitrogens with zero attached hydrogens (tertiary/aromatic N) is 1. The van der Waals surface area contributed by atoms with Crippen molar-refractivity contribution < 1.29 is 22.7 Å². The standard InChI is InChI=1S/C32H38N4O5S/c1-32(2,3)41-31(38)36-17-9-10-21(20-36)18-23(19-28(33)37)29-25-14-6-7-15-26(25)34-30(29)35-42(39,40)27-16-8-12-22-11-4-5-13-24(22)27/h4-8,11-16,21,23,34-35H,9-10,17-20H2,1-3H3,(H2,33,37)/t21-,23?/m0/s1. The molecule has 4 aromatic rings. The van der Waals surface area contributed by atoms with Gasteiger partial charge in [0.15, 0.2) is 0 Å². The van der Waals surface area contributed by atoms with Crippen molar-refractivity contribution in [2.24, 2.45) is 11.7 Å². The molecule has 42 heavy (non-hydrogen) atoms. The van der Waals surface area contributed by atoms with Gasteiger partial charge in [-0.1, -0.05) is 54.6 Å². The zero-order valence-corrected chi connectivity index (χ0v) is 25.0. The molecule has 1 aliphatic rings. The van der Waals surface area contributed by atoms with E-state index in [-0.39, 0.29) is 29.2 Å². The van der Waals surface area contributed by atoms with Crippen LogP contribution < -0.4 is 10.5 Å². The molecule has 0 spiro atoms. The molecule has 5 rings (SSSR count). The minimum absolute atomic E-state index is 0.0355. The van der Waals surface area contributed by atoms with Crippen LogP contribution in [0.15, 0.2) is 71.6 Å². The first-order valence-electron chi connectivity index (χ1n) is 14.3. The van der Waals surface area contributed by atoms with Crippen LogP contribution in [-0.4, -0.2) is 49.0 Å². The number of rotatable bonds is 8. The molecule has 1 saturated heterocycles. The number of anilines is 1. The summed E-state index contributed by atoms with van der Waals surface area (Å²) < 4.78 is 36.1. The lowest BCUT2D eigenvalue weighted by Gasteiger charge is -2.35. The Morgan fingerprint density at radius 1 is 1.05 bits per heavy atom. The number of ether oxygens (including phenoxy) is 1. The predicted molar refractivity (Wildman–Crippen MR) is 165 cm³/mol. The molecule has 1 aliphatic heterocycles. The maximum Gasteiger partial charge on any atom is 0.410 e. The van der Waals surface area contributed by atoms with E-state index in [1.165, 1.54) is 0 Å². The van der Waals surface area contributed by atoms with E-state index in [1.807, 2.05) is 69.3 Å². The van der Waals surface area contributed by atoms with Crippen LogP contribution in [0, 0.1) is 5.92 Å². The Labute approximate surface area is 246 Å². The summed E-state index contributed by atoms with van der Waals surface area (Å²) in [6.45, 7) is 6.62. The highest BCUT2D eigenvalue weighted by molar-refractivity contribution is 7.93. The van der Waals surface area contributed by atoms with Crippen LogP contribution >= 0.6 is 0 Å². The molecule has 0 bridgehead atoms. The normalized spacial score (nSPS) is 16.8. The van der Waals surface area contributed by atoms with Crippen molar-refractivity contribution in [2.45, 2.75) is 62.9 Å². The highest BCUT2D eigenvalue weighted by atomic mass is 32.2. The number of carbonyl (C=O) groups is 2. The van der Waals surface area contributed by atoms with Gasteiger partial charge in [0.05, 0.1) is 4.90 Å². The first-order chi connectivity index (χ1) is 19.9. The number of hydrogen-bond donors (Lipinski definition) is 3. The van der Waals surface area contributed by atoms with E-state index >= 15 is 0 Å². The SMILES string of the molecule is CC(C)(C)OC(=O)N1CCC[C@@H](CC(CC(N)=O)c2c(NS(=O)(=O)c3cccc4ccccc34)[nH]c3ccccc23)C1. The highest BCUT2D eigenvalue weighted by Gasteiger charge is 2.32. The number of nitrogens with two attached hydrogens (primary N) is 1. The third-order valence-corrected chi connectivity index (χ3v) is 9.07. The Bertz CT molecular complexity index is 1720. The second kappa shape index (κ2) is 11.7. The third-order valence-electron chi connectivity index (χ3n) is 7.67. The average molecular weight is 591 g/mol. The quantitative estimate of drug-likeness (QED) is 0.227. The van der Waals surface area contributed by atoms with Crippen LogP contribution in [0.3, 0.4) is 0 Å². The molecule has 4 N–H and O–H groups in total. The number of sulfonamides is 1. The number of piperidine rings is 1. The number of amides is 2. The van der Waals surface area contributed by atoms with E-state index in [1.54, 1.807) is 23.1 Å². The first-order valence-corrected chi connectivity index (χ1v) is 15.8. The van der Waals surface area contributed by atoms with E-state index < -0.39 is 21.5 Å². The molecule has 1 unspecified atom stereocenters. The van der Waals surface area contributed by atoms with Gasteiger partial charge in [0.1, 0.15) is 11.4 Å². The number of likely N-dealkylation sites (tertiary alicyclic amines) is 1. The van der Waals surface area contributed by atoms with E-state index in [2.05, 4.69) is 9.71 Å². The van der Waals surface area contributed by atoms with Crippen LogP contribution in [0.25, 0.3) is 21.7 Å². The predicted octanol–water partition coefficient (Wildman–Crippen LogP) is 6.12. The average Bonchev–Trinajstić information content (AvgIpc) is 3.28. The maximum absolute atomic E-state index is 13.8. The van der Waals surface area contributed by atoms with Crippen molar-refractivity contribution in [1.29, 1.82) is 0 Å². The summed E-state index contributed by atoms with van der Waals surface area (Å²) in [5.74, 6) is -0.470. The van der Waals surface area contributed by atoms with E-state index in [0.717, 1.165) is 29.1 Å². The molecule has 2 amide bonds. The molecule has 222 valence electrons. The van der Waals surface area contributed by atoms with E-state index in [9.17, 15) is 18.0 Å². The van der Waals surface area contributed by atoms with Crippen LogP contribution in [0.1, 0.15) is 57.9 Å². The smallest absolute Gasteiger partial charge is 0.410 e. The summed E-state index contributed by atoms with van der Waals surface area (Å²) in [5.41, 5.74) is 6.60. The van der Waals surface area contributed by atoms with Crippen molar-refractivity contribution in [3.63, 3.8) is 0 Å². The molecule has 10 heteroatoms. The number of aromatic amines is 1. The summed E-state index contributed by atoms with van der Waals surface area (Å²) in [6, 6.07) is 20.1. The second-order valence-electron chi connectivity index (χ2n) is 12.1. The lowest BCUT2D eigenvalue weighted by Crippen LogP contribution is -2.43. The fraction of sp³-hybridized carbons (Fsp3) is 0.375. The lowest BCUT2D eigenvalue weighted by molar-refractivity contribution is -0.118. The van der Waals surface area contributed by atoms with Gasteiger partial charge in [-0.2, -0.15) is 0 Å². The van der Waals surface area contributed by atoms with Gasteiger partial charge < -0.3 is 20.4 Å². The van der Waals surface area contributed by atoms with Gasteiger partial charge in [0.25, 0.3) is 10.0 Å². The Balaban J connectivity index is 1.50. The summed E-state index contributed by atoms with van der Waals surface area (Å²) in [6.07, 6.45) is 1.91. The number of fused-ring (bicyclic) bond motifs is 2. The summed E-state index contributed by atoms with van der Waals surface area (Å²) >= 11 is 0. The minimum Gasteiger partial charge on any atom is -0.444 e. The van der Waals surface area contributed by atoms with Crippen molar-refractivity contribution in [1.82, 2.24) is 9.88 Å². The zero-order chi connectivity index (χ0) is 30.1. The van der Waals surface area contributed by atoms with Crippen molar-refractivity contribution in [3.8, 4) is 0 Å². The number of aromatic nitrogens is 1. The largest absolute Gasteiger partial charge is 0.444 e. The van der Waals surface area contributed by atoms with E-state index in [4.69, 9.17) is 10.5 Å².